The molecule has 0 fully saturated rings. The van der Waals surface area contributed by atoms with E-state index in [2.05, 4.69) is 212 Å². The lowest BCUT2D eigenvalue weighted by molar-refractivity contribution is 0.104. The Morgan fingerprint density at radius 1 is 0.431 bits per heavy atom. The van der Waals surface area contributed by atoms with E-state index in [0.717, 1.165) is 23.0 Å². The number of carbonyl (C=O) groups is 1. The summed E-state index contributed by atoms with van der Waals surface area (Å²) < 4.78 is 0. The normalized spacial score (nSPS) is 16.1. The van der Waals surface area contributed by atoms with Crippen LogP contribution in [-0.2, 0) is 11.8 Å². The first-order chi connectivity index (χ1) is 31.6. The van der Waals surface area contributed by atoms with Crippen molar-refractivity contribution in [3.8, 4) is 33.4 Å². The molecule has 3 heteroatoms. The summed E-state index contributed by atoms with van der Waals surface area (Å²) in [4.78, 5) is 14.5. The van der Waals surface area contributed by atoms with Gasteiger partial charge in [-0.25, -0.2) is 0 Å². The van der Waals surface area contributed by atoms with E-state index >= 15 is 0 Å². The Morgan fingerprint density at radius 2 is 0.954 bits per heavy atom. The second-order valence-electron chi connectivity index (χ2n) is 20.1. The lowest BCUT2D eigenvalue weighted by Crippen LogP contribution is -2.58. The van der Waals surface area contributed by atoms with Crippen LogP contribution in [0.2, 0.25) is 11.6 Å². The topological polar surface area (TPSA) is 17.1 Å². The van der Waals surface area contributed by atoms with Crippen LogP contribution in [0.1, 0.15) is 115 Å². The van der Waals surface area contributed by atoms with E-state index in [9.17, 15) is 4.79 Å². The van der Waals surface area contributed by atoms with Crippen LogP contribution in [0.3, 0.4) is 0 Å². The summed E-state index contributed by atoms with van der Waals surface area (Å²) in [5.41, 5.74) is 23.8. The van der Waals surface area contributed by atoms with Gasteiger partial charge in [0, 0.05) is 11.1 Å². The second-order valence-corrected chi connectivity index (χ2v) is 20.1. The van der Waals surface area contributed by atoms with Gasteiger partial charge in [0.05, 0.1) is 5.41 Å². The van der Waals surface area contributed by atoms with E-state index in [0.29, 0.717) is 17.7 Å². The van der Waals surface area contributed by atoms with Gasteiger partial charge in [-0.1, -0.05) is 258 Å². The number of hydrogen-bond donors (Lipinski definition) is 0. The van der Waals surface area contributed by atoms with Crippen LogP contribution in [0.15, 0.2) is 176 Å². The third-order valence-electron chi connectivity index (χ3n) is 15.3. The number of hydrogen-bond acceptors (Lipinski definition) is 1. The summed E-state index contributed by atoms with van der Waals surface area (Å²) in [6.45, 7) is 16.8. The van der Waals surface area contributed by atoms with Crippen LogP contribution < -0.4 is 21.9 Å². The van der Waals surface area contributed by atoms with Crippen molar-refractivity contribution in [2.75, 3.05) is 0 Å². The van der Waals surface area contributed by atoms with Gasteiger partial charge in [0.15, 0.2) is 5.78 Å². The van der Waals surface area contributed by atoms with Crippen LogP contribution in [0.4, 0.5) is 0 Å². The maximum Gasteiger partial charge on any atom is 0.215 e. The van der Waals surface area contributed by atoms with Gasteiger partial charge in [0.1, 0.15) is 0 Å². The predicted octanol–water partition coefficient (Wildman–Crippen LogP) is 12.7. The average Bonchev–Trinajstić information content (AvgIpc) is 3.61. The SMILES string of the molecule is CC(C)B1c2ccccc2C2(c3ccccc3-c3cc(CC(C)B4c5ccccc5C(=O)c5ccc(C(C)C)c(-c6ccccc6)c54)ccc32)c2ccc(C(C)C)c(-c3ccccc3)c21. The summed E-state index contributed by atoms with van der Waals surface area (Å²) in [6, 6.07) is 65.8. The molecule has 2 heterocycles. The molecule has 0 radical (unpaired) electrons. The minimum Gasteiger partial charge on any atom is -0.289 e. The number of benzene rings is 8. The van der Waals surface area contributed by atoms with Gasteiger partial charge >= 0.3 is 0 Å². The van der Waals surface area contributed by atoms with E-state index < -0.39 is 5.41 Å². The van der Waals surface area contributed by atoms with Gasteiger partial charge in [-0.05, 0) is 90.6 Å². The number of rotatable bonds is 8. The van der Waals surface area contributed by atoms with E-state index in [1.54, 1.807) is 0 Å². The zero-order chi connectivity index (χ0) is 44.7. The fraction of sp³-hybridized carbons (Fsp3) is 0.210. The largest absolute Gasteiger partial charge is 0.289 e. The smallest absolute Gasteiger partial charge is 0.215 e. The zero-order valence-corrected chi connectivity index (χ0v) is 38.8. The first kappa shape index (κ1) is 41.3. The molecule has 1 aliphatic carbocycles. The molecule has 0 bridgehead atoms. The average molecular weight is 839 g/mol. The van der Waals surface area contributed by atoms with Gasteiger partial charge in [-0.2, -0.15) is 0 Å². The van der Waals surface area contributed by atoms with Crippen molar-refractivity contribution < 1.29 is 4.79 Å². The summed E-state index contributed by atoms with van der Waals surface area (Å²) >= 11 is 0. The Hall–Kier alpha value is -6.44. The Kier molecular flexibility index (Phi) is 10.1. The molecule has 316 valence electrons. The Bertz CT molecular complexity index is 3160. The molecule has 2 unspecified atom stereocenters. The fourth-order valence-corrected chi connectivity index (χ4v) is 12.8. The molecule has 0 saturated carbocycles. The van der Waals surface area contributed by atoms with E-state index in [4.69, 9.17) is 0 Å². The van der Waals surface area contributed by atoms with Gasteiger partial charge < -0.3 is 0 Å². The van der Waals surface area contributed by atoms with Crippen molar-refractivity contribution in [2.24, 2.45) is 0 Å². The highest BCUT2D eigenvalue weighted by Crippen LogP contribution is 2.57. The van der Waals surface area contributed by atoms with Crippen LogP contribution in [0.5, 0.6) is 0 Å². The van der Waals surface area contributed by atoms with Crippen molar-refractivity contribution in [2.45, 2.75) is 83.8 Å². The number of carbonyl (C=O) groups excluding carboxylic acids is 1. The Labute approximate surface area is 387 Å². The standard InChI is InChI=1S/C62H56B2O/c1-38(2)45-31-32-49-59(57(45)43-20-10-8-11-21-43)64(55-28-18-15-25-48(55)61(49)65)41(7)36-42-30-34-52-50(37-42)47-24-14-16-26-51(47)62(52)53-27-17-19-29-56(53)63(40(5)6)60-54(62)35-33-46(39(3)4)58(60)44-22-12-9-13-23-44/h8-35,37-41H,36H2,1-7H3. The van der Waals surface area contributed by atoms with Gasteiger partial charge in [-0.15, -0.1) is 0 Å². The highest BCUT2D eigenvalue weighted by Gasteiger charge is 2.53. The van der Waals surface area contributed by atoms with Crippen molar-refractivity contribution in [1.29, 1.82) is 0 Å². The maximum atomic E-state index is 14.5. The van der Waals surface area contributed by atoms with Gasteiger partial charge in [0.25, 0.3) is 0 Å². The number of fused-ring (bicyclic) bond motifs is 11. The van der Waals surface area contributed by atoms with Crippen molar-refractivity contribution >= 4 is 41.1 Å². The molecule has 2 atom stereocenters. The quantitative estimate of drug-likeness (QED) is 0.139. The fourth-order valence-electron chi connectivity index (χ4n) is 12.8. The van der Waals surface area contributed by atoms with Gasteiger partial charge in [0.2, 0.25) is 13.4 Å². The highest BCUT2D eigenvalue weighted by atomic mass is 16.1. The molecular formula is C62H56B2O. The summed E-state index contributed by atoms with van der Waals surface area (Å²) in [7, 11) is 0. The molecule has 0 aromatic heterocycles. The summed E-state index contributed by atoms with van der Waals surface area (Å²) in [6.07, 6.45) is 0.869. The Morgan fingerprint density at radius 3 is 1.60 bits per heavy atom. The molecule has 8 aromatic rings. The Balaban J connectivity index is 1.12. The molecule has 3 aliphatic rings. The molecule has 11 rings (SSSR count). The van der Waals surface area contributed by atoms with Gasteiger partial charge in [-0.3, -0.25) is 4.79 Å². The lowest BCUT2D eigenvalue weighted by Gasteiger charge is -2.45. The highest BCUT2D eigenvalue weighted by molar-refractivity contribution is 6.90. The molecule has 1 spiro atoms. The van der Waals surface area contributed by atoms with Crippen LogP contribution in [-0.4, -0.2) is 19.2 Å². The van der Waals surface area contributed by atoms with Crippen LogP contribution in [0.25, 0.3) is 33.4 Å². The lowest BCUT2D eigenvalue weighted by atomic mass is 9.28. The first-order valence-electron chi connectivity index (χ1n) is 24.0. The van der Waals surface area contributed by atoms with Crippen LogP contribution >= 0.6 is 0 Å². The molecule has 0 N–H and O–H groups in total. The predicted molar refractivity (Wildman–Crippen MR) is 277 cm³/mol. The molecule has 0 amide bonds. The second kappa shape index (κ2) is 15.9. The third kappa shape index (κ3) is 6.18. The first-order valence-corrected chi connectivity index (χ1v) is 24.0. The molecule has 2 aliphatic heterocycles. The maximum absolute atomic E-state index is 14.5. The monoisotopic (exact) mass is 838 g/mol. The summed E-state index contributed by atoms with van der Waals surface area (Å²) in [5, 5.41) is 0. The molecule has 8 aromatic carbocycles. The third-order valence-corrected chi connectivity index (χ3v) is 15.3. The van der Waals surface area contributed by atoms with Crippen molar-refractivity contribution in [3.05, 3.63) is 226 Å². The molecular weight excluding hydrogens is 782 g/mol. The molecule has 1 nitrogen and oxygen atoms in total. The van der Waals surface area contributed by atoms with E-state index in [-0.39, 0.29) is 25.0 Å². The molecule has 0 saturated heterocycles. The minimum atomic E-state index is -0.480. The van der Waals surface area contributed by atoms with Crippen molar-refractivity contribution in [1.82, 2.24) is 0 Å². The van der Waals surface area contributed by atoms with Crippen molar-refractivity contribution in [3.63, 3.8) is 0 Å². The minimum absolute atomic E-state index is 0.0383. The summed E-state index contributed by atoms with van der Waals surface area (Å²) in [5.74, 6) is 1.39. The van der Waals surface area contributed by atoms with E-state index in [1.807, 2.05) is 12.1 Å². The van der Waals surface area contributed by atoms with E-state index in [1.165, 1.54) is 88.7 Å². The van der Waals surface area contributed by atoms with Crippen LogP contribution in [0, 0.1) is 0 Å². The molecule has 65 heavy (non-hydrogen) atoms. The number of ketones is 1. The zero-order valence-electron chi connectivity index (χ0n) is 38.8.